The lowest BCUT2D eigenvalue weighted by Gasteiger charge is -2.09. The van der Waals surface area contributed by atoms with Gasteiger partial charge in [-0.3, -0.25) is 4.79 Å². The van der Waals surface area contributed by atoms with E-state index in [0.29, 0.717) is 5.56 Å². The zero-order valence-electron chi connectivity index (χ0n) is 10.1. The second-order valence-electron chi connectivity index (χ2n) is 3.79. The molecule has 0 spiro atoms. The number of ether oxygens (including phenoxy) is 1. The highest BCUT2D eigenvalue weighted by atomic mass is 16.5. The van der Waals surface area contributed by atoms with Crippen molar-refractivity contribution in [3.8, 4) is 11.4 Å². The van der Waals surface area contributed by atoms with E-state index < -0.39 is 0 Å². The van der Waals surface area contributed by atoms with Gasteiger partial charge in [0.25, 0.3) is 0 Å². The molecule has 17 heavy (non-hydrogen) atoms. The zero-order chi connectivity index (χ0) is 12.4. The third-order valence-electron chi connectivity index (χ3n) is 2.78. The third kappa shape index (κ3) is 1.82. The van der Waals surface area contributed by atoms with Crippen LogP contribution in [0.3, 0.4) is 0 Å². The first kappa shape index (κ1) is 11.4. The molecule has 2 aromatic rings. The van der Waals surface area contributed by atoms with Crippen molar-refractivity contribution >= 4 is 6.29 Å². The number of aryl methyl sites for hydroxylation is 1. The van der Waals surface area contributed by atoms with Gasteiger partial charge in [0.05, 0.1) is 24.1 Å². The molecule has 4 nitrogen and oxygen atoms in total. The zero-order valence-corrected chi connectivity index (χ0v) is 10.1. The molecule has 1 aromatic heterocycles. The number of hydrogen-bond acceptors (Lipinski definition) is 3. The monoisotopic (exact) mass is 230 g/mol. The first-order valence-electron chi connectivity index (χ1n) is 5.33. The summed E-state index contributed by atoms with van der Waals surface area (Å²) < 4.78 is 7.02. The summed E-state index contributed by atoms with van der Waals surface area (Å²) in [6.07, 6.45) is 0.837. The smallest absolute Gasteiger partial charge is 0.153 e. The molecule has 0 unspecified atom stereocenters. The number of nitrogens with zero attached hydrogens (tertiary/aromatic N) is 2. The van der Waals surface area contributed by atoms with Crippen LogP contribution in [0.1, 0.15) is 21.7 Å². The topological polar surface area (TPSA) is 44.1 Å². The Hall–Kier alpha value is -2.10. The van der Waals surface area contributed by atoms with E-state index in [1.54, 1.807) is 11.8 Å². The Bertz CT molecular complexity index is 559. The van der Waals surface area contributed by atoms with Gasteiger partial charge < -0.3 is 4.74 Å². The van der Waals surface area contributed by atoms with Crippen LogP contribution in [0.25, 0.3) is 5.69 Å². The maximum absolute atomic E-state index is 11.0. The van der Waals surface area contributed by atoms with Crippen LogP contribution >= 0.6 is 0 Å². The number of carbonyl (C=O) groups is 1. The number of hydrogen-bond donors (Lipinski definition) is 0. The quantitative estimate of drug-likeness (QED) is 0.760. The summed E-state index contributed by atoms with van der Waals surface area (Å²) in [5.41, 5.74) is 3.02. The fraction of sp³-hybridized carbons (Fsp3) is 0.231. The van der Waals surface area contributed by atoms with Crippen molar-refractivity contribution in [3.05, 3.63) is 41.2 Å². The number of rotatable bonds is 3. The van der Waals surface area contributed by atoms with Crippen molar-refractivity contribution in [1.29, 1.82) is 0 Å². The Balaban J connectivity index is 2.64. The molecule has 0 amide bonds. The fourth-order valence-corrected chi connectivity index (χ4v) is 1.86. The maximum Gasteiger partial charge on any atom is 0.153 e. The average molecular weight is 230 g/mol. The van der Waals surface area contributed by atoms with Gasteiger partial charge in [0.1, 0.15) is 11.4 Å². The molecule has 0 aliphatic heterocycles. The van der Waals surface area contributed by atoms with Gasteiger partial charge >= 0.3 is 0 Å². The van der Waals surface area contributed by atoms with Gasteiger partial charge in [-0.1, -0.05) is 12.1 Å². The summed E-state index contributed by atoms with van der Waals surface area (Å²) >= 11 is 0. The van der Waals surface area contributed by atoms with Crippen molar-refractivity contribution in [2.24, 2.45) is 0 Å². The molecule has 0 N–H and O–H groups in total. The molecule has 0 aliphatic rings. The van der Waals surface area contributed by atoms with Gasteiger partial charge in [-0.25, -0.2) is 4.68 Å². The second-order valence-corrected chi connectivity index (χ2v) is 3.79. The summed E-state index contributed by atoms with van der Waals surface area (Å²) in [6, 6.07) is 7.59. The summed E-state index contributed by atoms with van der Waals surface area (Å²) in [6.45, 7) is 3.69. The van der Waals surface area contributed by atoms with Crippen molar-refractivity contribution in [2.75, 3.05) is 7.11 Å². The molecule has 0 aliphatic carbocycles. The highest BCUT2D eigenvalue weighted by Gasteiger charge is 2.14. The Morgan fingerprint density at radius 1 is 1.29 bits per heavy atom. The highest BCUT2D eigenvalue weighted by molar-refractivity contribution is 5.78. The van der Waals surface area contributed by atoms with E-state index in [1.165, 1.54) is 0 Å². The normalized spacial score (nSPS) is 10.3. The predicted molar refractivity (Wildman–Crippen MR) is 65.0 cm³/mol. The third-order valence-corrected chi connectivity index (χ3v) is 2.78. The molecule has 0 bridgehead atoms. The minimum atomic E-state index is 0.635. The average Bonchev–Trinajstić information content (AvgIpc) is 2.64. The number of aldehydes is 1. The van der Waals surface area contributed by atoms with Gasteiger partial charge in [0.2, 0.25) is 0 Å². The molecular formula is C13H14N2O2. The predicted octanol–water partition coefficient (Wildman–Crippen LogP) is 2.31. The van der Waals surface area contributed by atoms with E-state index in [2.05, 4.69) is 5.10 Å². The second kappa shape index (κ2) is 4.41. The molecule has 0 fully saturated rings. The lowest BCUT2D eigenvalue weighted by atomic mass is 10.2. The Labute approximate surface area is 99.8 Å². The first-order chi connectivity index (χ1) is 8.19. The van der Waals surface area contributed by atoms with Gasteiger partial charge in [-0.15, -0.1) is 0 Å². The number of methoxy groups -OCH3 is 1. The van der Waals surface area contributed by atoms with Gasteiger partial charge in [-0.2, -0.15) is 5.10 Å². The van der Waals surface area contributed by atoms with Crippen molar-refractivity contribution in [1.82, 2.24) is 9.78 Å². The lowest BCUT2D eigenvalue weighted by molar-refractivity contribution is 0.112. The molecule has 1 heterocycles. The van der Waals surface area contributed by atoms with E-state index in [9.17, 15) is 4.79 Å². The Morgan fingerprint density at radius 3 is 2.59 bits per heavy atom. The molecule has 0 saturated heterocycles. The number of benzene rings is 1. The highest BCUT2D eigenvalue weighted by Crippen LogP contribution is 2.24. The summed E-state index contributed by atoms with van der Waals surface area (Å²) in [5, 5.41) is 4.37. The van der Waals surface area contributed by atoms with Gasteiger partial charge in [0.15, 0.2) is 6.29 Å². The van der Waals surface area contributed by atoms with E-state index in [4.69, 9.17) is 4.74 Å². The van der Waals surface area contributed by atoms with Crippen molar-refractivity contribution < 1.29 is 9.53 Å². The molecule has 4 heteroatoms. The van der Waals surface area contributed by atoms with Crippen LogP contribution in [0.15, 0.2) is 24.3 Å². The van der Waals surface area contributed by atoms with E-state index in [0.717, 1.165) is 29.1 Å². The maximum atomic E-state index is 11.0. The Kier molecular flexibility index (Phi) is 2.95. The molecular weight excluding hydrogens is 216 g/mol. The molecule has 0 saturated carbocycles. The van der Waals surface area contributed by atoms with Crippen LogP contribution in [0, 0.1) is 13.8 Å². The van der Waals surface area contributed by atoms with Crippen LogP contribution in [0.5, 0.6) is 5.75 Å². The van der Waals surface area contributed by atoms with Crippen molar-refractivity contribution in [3.63, 3.8) is 0 Å². The summed E-state index contributed by atoms with van der Waals surface area (Å²) in [7, 11) is 1.62. The van der Waals surface area contributed by atoms with Crippen LogP contribution in [0.4, 0.5) is 0 Å². The van der Waals surface area contributed by atoms with Gasteiger partial charge in [-0.05, 0) is 26.0 Å². The van der Waals surface area contributed by atoms with E-state index in [1.807, 2.05) is 38.1 Å². The number of para-hydroxylation sites is 2. The first-order valence-corrected chi connectivity index (χ1v) is 5.33. The summed E-state index contributed by atoms with van der Waals surface area (Å²) in [4.78, 5) is 11.0. The van der Waals surface area contributed by atoms with Crippen LogP contribution < -0.4 is 4.74 Å². The standard InChI is InChI=1S/C13H14N2O2/c1-9-11(8-16)10(2)15(14-9)12-6-4-5-7-13(12)17-3/h4-8H,1-3H3. The van der Waals surface area contributed by atoms with E-state index in [-0.39, 0.29) is 0 Å². The molecule has 0 atom stereocenters. The molecule has 2 rings (SSSR count). The fourth-order valence-electron chi connectivity index (χ4n) is 1.86. The Morgan fingerprint density at radius 2 is 2.00 bits per heavy atom. The SMILES string of the molecule is COc1ccccc1-n1nc(C)c(C=O)c1C. The molecule has 0 radical (unpaired) electrons. The lowest BCUT2D eigenvalue weighted by Crippen LogP contribution is -2.02. The van der Waals surface area contributed by atoms with E-state index >= 15 is 0 Å². The van der Waals surface area contributed by atoms with Gasteiger partial charge in [0, 0.05) is 0 Å². The van der Waals surface area contributed by atoms with Crippen molar-refractivity contribution in [2.45, 2.75) is 13.8 Å². The molecule has 1 aromatic carbocycles. The summed E-state index contributed by atoms with van der Waals surface area (Å²) in [5.74, 6) is 0.732. The van der Waals surface area contributed by atoms with Crippen LogP contribution in [0.2, 0.25) is 0 Å². The van der Waals surface area contributed by atoms with Crippen LogP contribution in [-0.2, 0) is 0 Å². The largest absolute Gasteiger partial charge is 0.494 e. The molecule has 88 valence electrons. The van der Waals surface area contributed by atoms with Crippen LogP contribution in [-0.4, -0.2) is 23.2 Å². The minimum Gasteiger partial charge on any atom is -0.494 e. The number of carbonyl (C=O) groups excluding carboxylic acids is 1. The number of aromatic nitrogens is 2. The minimum absolute atomic E-state index is 0.635.